The number of rotatable bonds is 3. The van der Waals surface area contributed by atoms with Gasteiger partial charge in [-0.25, -0.2) is 4.98 Å². The van der Waals surface area contributed by atoms with Crippen molar-refractivity contribution in [2.45, 2.75) is 6.54 Å². The number of anilines is 1. The first-order valence-electron chi connectivity index (χ1n) is 5.26. The zero-order chi connectivity index (χ0) is 13.1. The molecule has 0 saturated carbocycles. The molecule has 2 rings (SSSR count). The average Bonchev–Trinajstić information content (AvgIpc) is 2.35. The van der Waals surface area contributed by atoms with Crippen molar-refractivity contribution in [2.75, 3.05) is 11.9 Å². The van der Waals surface area contributed by atoms with Gasteiger partial charge in [-0.1, -0.05) is 28.1 Å². The van der Waals surface area contributed by atoms with Gasteiger partial charge in [0.25, 0.3) is 5.56 Å². The third-order valence-electron chi connectivity index (χ3n) is 2.47. The van der Waals surface area contributed by atoms with Crippen LogP contribution in [0.2, 0.25) is 0 Å². The molecule has 1 N–H and O–H groups in total. The molecule has 6 heteroatoms. The highest BCUT2D eigenvalue weighted by Crippen LogP contribution is 2.20. The van der Waals surface area contributed by atoms with Gasteiger partial charge in [0.2, 0.25) is 0 Å². The molecule has 0 aliphatic heterocycles. The van der Waals surface area contributed by atoms with Crippen LogP contribution >= 0.6 is 31.9 Å². The largest absolute Gasteiger partial charge is 0.354 e. The van der Waals surface area contributed by atoms with Crippen molar-refractivity contribution < 1.29 is 0 Å². The zero-order valence-electron chi connectivity index (χ0n) is 9.65. The van der Waals surface area contributed by atoms with E-state index in [1.54, 1.807) is 0 Å². The van der Waals surface area contributed by atoms with Crippen molar-refractivity contribution in [3.05, 3.63) is 55.5 Å². The van der Waals surface area contributed by atoms with E-state index in [2.05, 4.69) is 41.8 Å². The van der Waals surface area contributed by atoms with E-state index in [4.69, 9.17) is 0 Å². The van der Waals surface area contributed by atoms with E-state index in [1.807, 2.05) is 36.2 Å². The van der Waals surface area contributed by atoms with Crippen LogP contribution in [0.5, 0.6) is 0 Å². The van der Waals surface area contributed by atoms with Crippen molar-refractivity contribution >= 4 is 37.7 Å². The van der Waals surface area contributed by atoms with E-state index in [-0.39, 0.29) is 5.56 Å². The maximum Gasteiger partial charge on any atom is 0.267 e. The standard InChI is InChI=1S/C12H11Br2N3O/c1-17(6-8-2-4-9(13)5-3-8)11-10(14)12(18)16-7-15-11/h2-5,7H,6H2,1H3,(H,15,16,18). The molecule has 0 unspecified atom stereocenters. The zero-order valence-corrected chi connectivity index (χ0v) is 12.8. The summed E-state index contributed by atoms with van der Waals surface area (Å²) in [6.45, 7) is 0.683. The van der Waals surface area contributed by atoms with Gasteiger partial charge in [0.05, 0.1) is 6.33 Å². The topological polar surface area (TPSA) is 49.0 Å². The molecule has 4 nitrogen and oxygen atoms in total. The molecule has 1 heterocycles. The Labute approximate surface area is 121 Å². The Morgan fingerprint density at radius 1 is 1.28 bits per heavy atom. The number of aromatic nitrogens is 2. The fraction of sp³-hybridized carbons (Fsp3) is 0.167. The predicted octanol–water partition coefficient (Wildman–Crippen LogP) is 2.93. The minimum atomic E-state index is -0.178. The predicted molar refractivity (Wildman–Crippen MR) is 78.8 cm³/mol. The van der Waals surface area contributed by atoms with Crippen molar-refractivity contribution in [1.82, 2.24) is 9.97 Å². The monoisotopic (exact) mass is 371 g/mol. The number of H-pyrrole nitrogens is 1. The first kappa shape index (κ1) is 13.3. The third kappa shape index (κ3) is 3.00. The van der Waals surface area contributed by atoms with Crippen molar-refractivity contribution in [3.63, 3.8) is 0 Å². The second-order valence-electron chi connectivity index (χ2n) is 3.85. The summed E-state index contributed by atoms with van der Waals surface area (Å²) in [5.74, 6) is 0.627. The van der Waals surface area contributed by atoms with Crippen LogP contribution in [-0.4, -0.2) is 17.0 Å². The molecular formula is C12H11Br2N3O. The number of nitrogens with zero attached hydrogens (tertiary/aromatic N) is 2. The van der Waals surface area contributed by atoms with Gasteiger partial charge in [0.15, 0.2) is 0 Å². The maximum absolute atomic E-state index is 11.5. The van der Waals surface area contributed by atoms with Gasteiger partial charge in [0, 0.05) is 18.1 Å². The van der Waals surface area contributed by atoms with Crippen LogP contribution in [-0.2, 0) is 6.54 Å². The normalized spacial score (nSPS) is 10.4. The van der Waals surface area contributed by atoms with E-state index < -0.39 is 0 Å². The Morgan fingerprint density at radius 2 is 1.94 bits per heavy atom. The van der Waals surface area contributed by atoms with E-state index in [0.29, 0.717) is 16.8 Å². The molecule has 0 amide bonds. The summed E-state index contributed by atoms with van der Waals surface area (Å²) in [5.41, 5.74) is 0.970. The highest BCUT2D eigenvalue weighted by molar-refractivity contribution is 9.10. The van der Waals surface area contributed by atoms with Gasteiger partial charge in [-0.3, -0.25) is 4.79 Å². The highest BCUT2D eigenvalue weighted by atomic mass is 79.9. The Balaban J connectivity index is 2.22. The lowest BCUT2D eigenvalue weighted by molar-refractivity contribution is 0.880. The molecule has 0 radical (unpaired) electrons. The lowest BCUT2D eigenvalue weighted by atomic mass is 10.2. The number of aromatic amines is 1. The molecule has 94 valence electrons. The summed E-state index contributed by atoms with van der Waals surface area (Å²) in [6, 6.07) is 8.04. The van der Waals surface area contributed by atoms with Crippen LogP contribution in [0, 0.1) is 0 Å². The molecule has 2 aromatic rings. The van der Waals surface area contributed by atoms with Crippen molar-refractivity contribution in [1.29, 1.82) is 0 Å². The summed E-state index contributed by atoms with van der Waals surface area (Å²) in [6.07, 6.45) is 1.40. The van der Waals surface area contributed by atoms with Crippen molar-refractivity contribution in [3.8, 4) is 0 Å². The maximum atomic E-state index is 11.5. The Kier molecular flexibility index (Phi) is 4.19. The molecule has 0 bridgehead atoms. The summed E-state index contributed by atoms with van der Waals surface area (Å²) < 4.78 is 1.49. The van der Waals surface area contributed by atoms with Gasteiger partial charge >= 0.3 is 0 Å². The average molecular weight is 373 g/mol. The fourth-order valence-electron chi connectivity index (χ4n) is 1.58. The molecule has 0 saturated heterocycles. The molecule has 0 aliphatic rings. The quantitative estimate of drug-likeness (QED) is 0.901. The van der Waals surface area contributed by atoms with Crippen LogP contribution in [0.3, 0.4) is 0 Å². The summed E-state index contributed by atoms with van der Waals surface area (Å²) in [5, 5.41) is 0. The number of hydrogen-bond donors (Lipinski definition) is 1. The van der Waals surface area contributed by atoms with Crippen LogP contribution in [0.4, 0.5) is 5.82 Å². The SMILES string of the molecule is CN(Cc1ccc(Br)cc1)c1nc[nH]c(=O)c1Br. The van der Waals surface area contributed by atoms with E-state index in [1.165, 1.54) is 6.33 Å². The molecule has 18 heavy (non-hydrogen) atoms. The minimum absolute atomic E-state index is 0.178. The highest BCUT2D eigenvalue weighted by Gasteiger charge is 2.10. The van der Waals surface area contributed by atoms with Gasteiger partial charge < -0.3 is 9.88 Å². The first-order valence-corrected chi connectivity index (χ1v) is 6.85. The van der Waals surface area contributed by atoms with E-state index >= 15 is 0 Å². The van der Waals surface area contributed by atoms with Crippen molar-refractivity contribution in [2.24, 2.45) is 0 Å². The Morgan fingerprint density at radius 3 is 2.61 bits per heavy atom. The minimum Gasteiger partial charge on any atom is -0.354 e. The summed E-state index contributed by atoms with van der Waals surface area (Å²) in [7, 11) is 1.90. The Bertz CT molecular complexity index is 595. The third-order valence-corrected chi connectivity index (χ3v) is 3.72. The van der Waals surface area contributed by atoms with E-state index in [0.717, 1.165) is 10.0 Å². The molecular weight excluding hydrogens is 362 g/mol. The van der Waals surface area contributed by atoms with Crippen LogP contribution < -0.4 is 10.5 Å². The second-order valence-corrected chi connectivity index (χ2v) is 5.56. The molecule has 0 atom stereocenters. The Hall–Kier alpha value is -1.14. The summed E-state index contributed by atoms with van der Waals surface area (Å²) in [4.78, 5) is 20.1. The first-order chi connectivity index (χ1) is 8.58. The second kappa shape index (κ2) is 5.67. The number of halogens is 2. The van der Waals surface area contributed by atoms with Gasteiger partial charge in [-0.2, -0.15) is 0 Å². The van der Waals surface area contributed by atoms with Gasteiger partial charge in [0.1, 0.15) is 10.3 Å². The number of hydrogen-bond acceptors (Lipinski definition) is 3. The number of nitrogens with one attached hydrogen (secondary N) is 1. The molecule has 0 spiro atoms. The van der Waals surface area contributed by atoms with E-state index in [9.17, 15) is 4.79 Å². The molecule has 1 aromatic carbocycles. The lowest BCUT2D eigenvalue weighted by Crippen LogP contribution is -2.21. The molecule has 0 fully saturated rings. The molecule has 1 aromatic heterocycles. The fourth-order valence-corrected chi connectivity index (χ4v) is 2.36. The van der Waals surface area contributed by atoms with Gasteiger partial charge in [-0.15, -0.1) is 0 Å². The summed E-state index contributed by atoms with van der Waals surface area (Å²) >= 11 is 6.65. The number of benzene rings is 1. The lowest BCUT2D eigenvalue weighted by Gasteiger charge is -2.18. The van der Waals surface area contributed by atoms with Crippen LogP contribution in [0.1, 0.15) is 5.56 Å². The van der Waals surface area contributed by atoms with Gasteiger partial charge in [-0.05, 0) is 33.6 Å². The van der Waals surface area contributed by atoms with Crippen LogP contribution in [0.25, 0.3) is 0 Å². The smallest absolute Gasteiger partial charge is 0.267 e. The van der Waals surface area contributed by atoms with Crippen LogP contribution in [0.15, 0.2) is 44.3 Å². The molecule has 0 aliphatic carbocycles.